The van der Waals surface area contributed by atoms with Gasteiger partial charge in [-0.25, -0.2) is 15.0 Å². The Balaban J connectivity index is 1.34. The predicted molar refractivity (Wildman–Crippen MR) is 149 cm³/mol. The molecule has 1 atom stereocenters. The summed E-state index contributed by atoms with van der Waals surface area (Å²) in [6.07, 6.45) is 7.50. The van der Waals surface area contributed by atoms with Crippen LogP contribution in [0.3, 0.4) is 0 Å². The maximum absolute atomic E-state index is 11.5. The van der Waals surface area contributed by atoms with Gasteiger partial charge in [0.25, 0.3) is 10.1 Å². The molecule has 1 saturated carbocycles. The van der Waals surface area contributed by atoms with Crippen molar-refractivity contribution in [2.24, 2.45) is 4.99 Å². The van der Waals surface area contributed by atoms with Crippen LogP contribution < -0.4 is 5.32 Å². The Hall–Kier alpha value is -2.12. The van der Waals surface area contributed by atoms with E-state index in [9.17, 15) is 8.42 Å². The molecule has 0 radical (unpaired) electrons. The summed E-state index contributed by atoms with van der Waals surface area (Å²) in [4.78, 5) is 21.6. The zero-order valence-electron chi connectivity index (χ0n) is 22.0. The standard InChI is InChI=1S/C26H36N6O4S2/c1-18-5-10-24(37-25-22(18)4-3-11-27-25)30-23-16-20(17-32-12-14-35-15-13-32)29-26(31-23)28-19-6-8-21(9-7-19)36-38(2,33)34/h3-4,11,16,18-19,21H,5-10,12-15,17H2,1-2H3,(H,28,29,31). The Kier molecular flexibility index (Phi) is 8.94. The van der Waals surface area contributed by atoms with Gasteiger partial charge in [0, 0.05) is 37.9 Å². The molecule has 2 fully saturated rings. The summed E-state index contributed by atoms with van der Waals surface area (Å²) in [5.74, 6) is 1.64. The van der Waals surface area contributed by atoms with Crippen LogP contribution in [0.4, 0.5) is 11.8 Å². The first kappa shape index (κ1) is 27.4. The van der Waals surface area contributed by atoms with E-state index < -0.39 is 10.1 Å². The van der Waals surface area contributed by atoms with E-state index in [2.05, 4.69) is 28.2 Å². The van der Waals surface area contributed by atoms with E-state index in [0.29, 0.717) is 37.1 Å². The third kappa shape index (κ3) is 7.72. The number of morpholine rings is 1. The molecular weight excluding hydrogens is 524 g/mol. The number of pyridine rings is 1. The smallest absolute Gasteiger partial charge is 0.264 e. The molecule has 0 bridgehead atoms. The van der Waals surface area contributed by atoms with E-state index in [1.54, 1.807) is 11.8 Å². The van der Waals surface area contributed by atoms with Crippen molar-refractivity contribution in [3.8, 4) is 0 Å². The number of thioether (sulfide) groups is 1. The average molecular weight is 561 g/mol. The van der Waals surface area contributed by atoms with Crippen molar-refractivity contribution in [2.45, 2.75) is 75.1 Å². The van der Waals surface area contributed by atoms with Crippen LogP contribution in [0.2, 0.25) is 0 Å². The van der Waals surface area contributed by atoms with Crippen molar-refractivity contribution in [2.75, 3.05) is 37.9 Å². The number of ether oxygens (including phenoxy) is 1. The average Bonchev–Trinajstić information content (AvgIpc) is 3.03. The van der Waals surface area contributed by atoms with Gasteiger partial charge in [0.1, 0.15) is 5.03 Å². The monoisotopic (exact) mass is 560 g/mol. The third-order valence-corrected chi connectivity index (χ3v) is 8.84. The second kappa shape index (κ2) is 12.4. The van der Waals surface area contributed by atoms with Crippen LogP contribution in [0.1, 0.15) is 62.6 Å². The van der Waals surface area contributed by atoms with Crippen LogP contribution in [-0.4, -0.2) is 78.0 Å². The third-order valence-electron chi connectivity index (χ3n) is 7.15. The van der Waals surface area contributed by atoms with E-state index in [1.165, 1.54) is 5.56 Å². The van der Waals surface area contributed by atoms with Gasteiger partial charge in [-0.05, 0) is 56.1 Å². The minimum absolute atomic E-state index is 0.151. The highest BCUT2D eigenvalue weighted by atomic mass is 32.2. The minimum atomic E-state index is -3.44. The topological polar surface area (TPSA) is 119 Å². The Labute approximate surface area is 229 Å². The molecule has 38 heavy (non-hydrogen) atoms. The number of fused-ring (bicyclic) bond motifs is 1. The number of nitrogens with one attached hydrogen (secondary N) is 1. The number of anilines is 1. The molecular formula is C26H36N6O4S2. The first-order valence-corrected chi connectivity index (χ1v) is 16.0. The fourth-order valence-corrected chi connectivity index (χ4v) is 6.91. The number of nitrogens with zero attached hydrogens (tertiary/aromatic N) is 5. The molecule has 12 heteroatoms. The van der Waals surface area contributed by atoms with Crippen LogP contribution in [0.15, 0.2) is 34.4 Å². The van der Waals surface area contributed by atoms with Gasteiger partial charge in [-0.1, -0.05) is 24.8 Å². The summed E-state index contributed by atoms with van der Waals surface area (Å²) < 4.78 is 33.7. The van der Waals surface area contributed by atoms with Crippen LogP contribution in [0.25, 0.3) is 0 Å². The predicted octanol–water partition coefficient (Wildman–Crippen LogP) is 4.12. The summed E-state index contributed by atoms with van der Waals surface area (Å²) in [6, 6.07) is 6.29. The van der Waals surface area contributed by atoms with Gasteiger partial charge in [-0.3, -0.25) is 9.08 Å². The molecule has 0 amide bonds. The molecule has 10 nitrogen and oxygen atoms in total. The van der Waals surface area contributed by atoms with E-state index >= 15 is 0 Å². The number of hydrogen-bond acceptors (Lipinski definition) is 11. The maximum atomic E-state index is 11.5. The lowest BCUT2D eigenvalue weighted by atomic mass is 9.93. The fraction of sp³-hybridized carbons (Fsp3) is 0.615. The quantitative estimate of drug-likeness (QED) is 0.495. The molecule has 5 rings (SSSR count). The molecule has 2 aromatic rings. The molecule has 0 spiro atoms. The van der Waals surface area contributed by atoms with Crippen molar-refractivity contribution in [3.63, 3.8) is 0 Å². The lowest BCUT2D eigenvalue weighted by Crippen LogP contribution is -2.36. The Bertz CT molecular complexity index is 1240. The van der Waals surface area contributed by atoms with Crippen molar-refractivity contribution >= 4 is 38.7 Å². The fourth-order valence-electron chi connectivity index (χ4n) is 5.14. The van der Waals surface area contributed by atoms with E-state index in [4.69, 9.17) is 23.9 Å². The second-order valence-electron chi connectivity index (χ2n) is 10.3. The van der Waals surface area contributed by atoms with Crippen LogP contribution in [0, 0.1) is 0 Å². The first-order valence-electron chi connectivity index (χ1n) is 13.3. The summed E-state index contributed by atoms with van der Waals surface area (Å²) in [5.41, 5.74) is 2.19. The zero-order chi connectivity index (χ0) is 26.5. The van der Waals surface area contributed by atoms with Crippen molar-refractivity contribution in [3.05, 3.63) is 35.7 Å². The van der Waals surface area contributed by atoms with Gasteiger partial charge < -0.3 is 10.1 Å². The Morgan fingerprint density at radius 1 is 1.18 bits per heavy atom. The molecule has 1 N–H and O–H groups in total. The summed E-state index contributed by atoms with van der Waals surface area (Å²) >= 11 is 1.63. The first-order chi connectivity index (χ1) is 18.3. The largest absolute Gasteiger partial charge is 0.379 e. The minimum Gasteiger partial charge on any atom is -0.379 e. The van der Waals surface area contributed by atoms with E-state index in [-0.39, 0.29) is 12.1 Å². The van der Waals surface area contributed by atoms with Crippen molar-refractivity contribution in [1.29, 1.82) is 0 Å². The van der Waals surface area contributed by atoms with E-state index in [0.717, 1.165) is 74.0 Å². The zero-order valence-corrected chi connectivity index (χ0v) is 23.6. The van der Waals surface area contributed by atoms with Crippen LogP contribution in [-0.2, 0) is 25.6 Å². The van der Waals surface area contributed by atoms with Gasteiger partial charge in [0.05, 0.1) is 36.3 Å². The van der Waals surface area contributed by atoms with Crippen molar-refractivity contribution in [1.82, 2.24) is 19.9 Å². The molecule has 4 heterocycles. The molecule has 2 aromatic heterocycles. The van der Waals surface area contributed by atoms with Crippen LogP contribution >= 0.6 is 11.8 Å². The van der Waals surface area contributed by atoms with E-state index in [1.807, 2.05) is 18.3 Å². The number of aliphatic imine (C=N–C) groups is 1. The maximum Gasteiger partial charge on any atom is 0.264 e. The molecule has 0 aromatic carbocycles. The van der Waals surface area contributed by atoms with Gasteiger partial charge >= 0.3 is 0 Å². The van der Waals surface area contributed by atoms with Gasteiger partial charge in [-0.2, -0.15) is 13.4 Å². The normalized spacial score (nSPS) is 26.1. The van der Waals surface area contributed by atoms with Crippen molar-refractivity contribution < 1.29 is 17.3 Å². The molecule has 1 aliphatic carbocycles. The Morgan fingerprint density at radius 2 is 1.97 bits per heavy atom. The SMILES string of the molecule is CC1CCC(=Nc2cc(CN3CCOCC3)nc(NC3CCC(OS(C)(=O)=O)CC3)n2)Sc2ncccc21. The highest BCUT2D eigenvalue weighted by Gasteiger charge is 2.26. The van der Waals surface area contributed by atoms with Crippen LogP contribution in [0.5, 0.6) is 0 Å². The molecule has 1 saturated heterocycles. The number of aromatic nitrogens is 3. The lowest BCUT2D eigenvalue weighted by molar-refractivity contribution is 0.0336. The van der Waals surface area contributed by atoms with Gasteiger partial charge in [0.2, 0.25) is 5.95 Å². The molecule has 2 aliphatic heterocycles. The number of hydrogen-bond donors (Lipinski definition) is 1. The lowest BCUT2D eigenvalue weighted by Gasteiger charge is -2.29. The molecule has 206 valence electrons. The summed E-state index contributed by atoms with van der Waals surface area (Å²) in [7, 11) is -3.44. The Morgan fingerprint density at radius 3 is 2.74 bits per heavy atom. The molecule has 3 aliphatic rings. The van der Waals surface area contributed by atoms with Gasteiger partial charge in [0.15, 0.2) is 5.82 Å². The highest BCUT2D eigenvalue weighted by molar-refractivity contribution is 8.14. The highest BCUT2D eigenvalue weighted by Crippen LogP contribution is 2.36. The van der Waals surface area contributed by atoms with Gasteiger partial charge in [-0.15, -0.1) is 0 Å². The second-order valence-corrected chi connectivity index (χ2v) is 13.0. The number of rotatable bonds is 7. The summed E-state index contributed by atoms with van der Waals surface area (Å²) in [5, 5.41) is 5.52. The summed E-state index contributed by atoms with van der Waals surface area (Å²) in [6.45, 7) is 6.15. The molecule has 1 unspecified atom stereocenters.